The number of halogens is 1. The molecule has 1 saturated heterocycles. The maximum atomic E-state index is 13.2. The van der Waals surface area contributed by atoms with E-state index in [0.29, 0.717) is 48.5 Å². The summed E-state index contributed by atoms with van der Waals surface area (Å²) in [6, 6.07) is 19.4. The molecular formula is C26H27ClN2O5S2. The number of nitrogens with zero attached hydrogens (tertiary/aromatic N) is 1. The quantitative estimate of drug-likeness (QED) is 0.430. The van der Waals surface area contributed by atoms with Crippen molar-refractivity contribution in [1.82, 2.24) is 4.72 Å². The number of carbonyl (C=O) groups excluding carboxylic acids is 1. The minimum Gasteiger partial charge on any atom is -0.311 e. The summed E-state index contributed by atoms with van der Waals surface area (Å²) in [5, 5.41) is 0. The Kier molecular flexibility index (Phi) is 7.85. The van der Waals surface area contributed by atoms with Crippen LogP contribution >= 0.6 is 11.6 Å². The number of benzene rings is 3. The van der Waals surface area contributed by atoms with Gasteiger partial charge in [0.05, 0.1) is 9.79 Å². The monoisotopic (exact) mass is 546 g/mol. The van der Waals surface area contributed by atoms with Crippen molar-refractivity contribution in [2.24, 2.45) is 0 Å². The smallest absolute Gasteiger partial charge is 0.245 e. The van der Waals surface area contributed by atoms with Gasteiger partial charge in [-0.3, -0.25) is 4.79 Å². The summed E-state index contributed by atoms with van der Waals surface area (Å²) in [5.74, 6) is 0.120. The van der Waals surface area contributed by atoms with Crippen LogP contribution in [-0.4, -0.2) is 47.5 Å². The topological polar surface area (TPSA) is 101 Å². The van der Waals surface area contributed by atoms with E-state index >= 15 is 0 Å². The SMILES string of the molecule is CS(=O)(=O)c1ccccc1-c1ccc(N2CCCC(NS(=O)(=O)c3ccc(CCCl)cc3)C2=O)cc1. The summed E-state index contributed by atoms with van der Waals surface area (Å²) >= 11 is 5.74. The molecule has 1 atom stereocenters. The van der Waals surface area contributed by atoms with Gasteiger partial charge in [0.15, 0.2) is 9.84 Å². The Bertz CT molecular complexity index is 1450. The van der Waals surface area contributed by atoms with Crippen molar-refractivity contribution < 1.29 is 21.6 Å². The van der Waals surface area contributed by atoms with Crippen LogP contribution in [0.3, 0.4) is 0 Å². The lowest BCUT2D eigenvalue weighted by Gasteiger charge is -2.32. The zero-order valence-electron chi connectivity index (χ0n) is 19.7. The molecule has 0 spiro atoms. The minimum atomic E-state index is -3.88. The van der Waals surface area contributed by atoms with Crippen molar-refractivity contribution in [3.8, 4) is 11.1 Å². The van der Waals surface area contributed by atoms with E-state index < -0.39 is 25.9 Å². The summed E-state index contributed by atoms with van der Waals surface area (Å²) in [6.45, 7) is 0.462. The normalized spacial score (nSPS) is 16.8. The predicted octanol–water partition coefficient (Wildman–Crippen LogP) is 4.01. The second kappa shape index (κ2) is 10.7. The molecule has 0 radical (unpaired) electrons. The van der Waals surface area contributed by atoms with Gasteiger partial charge >= 0.3 is 0 Å². The lowest BCUT2D eigenvalue weighted by molar-refractivity contribution is -0.121. The van der Waals surface area contributed by atoms with Crippen LogP contribution in [-0.2, 0) is 31.1 Å². The first-order chi connectivity index (χ1) is 17.1. The fourth-order valence-electron chi connectivity index (χ4n) is 4.29. The maximum Gasteiger partial charge on any atom is 0.245 e. The first-order valence-electron chi connectivity index (χ1n) is 11.5. The molecule has 10 heteroatoms. The van der Waals surface area contributed by atoms with Crippen LogP contribution in [0.4, 0.5) is 5.69 Å². The van der Waals surface area contributed by atoms with E-state index in [9.17, 15) is 21.6 Å². The molecule has 4 rings (SSSR count). The average molecular weight is 547 g/mol. The highest BCUT2D eigenvalue weighted by molar-refractivity contribution is 7.91. The summed E-state index contributed by atoms with van der Waals surface area (Å²) in [7, 11) is -7.29. The molecule has 3 aromatic rings. The van der Waals surface area contributed by atoms with E-state index in [-0.39, 0.29) is 15.7 Å². The number of piperidine rings is 1. The van der Waals surface area contributed by atoms with E-state index in [0.717, 1.165) is 5.56 Å². The van der Waals surface area contributed by atoms with Gasteiger partial charge in [-0.15, -0.1) is 11.6 Å². The zero-order valence-corrected chi connectivity index (χ0v) is 22.1. The number of anilines is 1. The number of nitrogens with one attached hydrogen (secondary N) is 1. The molecule has 1 aliphatic rings. The molecule has 7 nitrogen and oxygen atoms in total. The van der Waals surface area contributed by atoms with Gasteiger partial charge in [-0.05, 0) is 60.7 Å². The van der Waals surface area contributed by atoms with Crippen molar-refractivity contribution in [2.75, 3.05) is 23.6 Å². The Balaban J connectivity index is 1.52. The number of amides is 1. The average Bonchev–Trinajstić information content (AvgIpc) is 2.85. The molecule has 1 amide bonds. The van der Waals surface area contributed by atoms with Crippen LogP contribution < -0.4 is 9.62 Å². The Morgan fingerprint density at radius 1 is 0.944 bits per heavy atom. The van der Waals surface area contributed by atoms with E-state index in [4.69, 9.17) is 11.6 Å². The lowest BCUT2D eigenvalue weighted by atomic mass is 10.0. The Labute approximate surface area is 217 Å². The third kappa shape index (κ3) is 5.81. The van der Waals surface area contributed by atoms with Gasteiger partial charge in [0, 0.05) is 29.9 Å². The van der Waals surface area contributed by atoms with Crippen LogP contribution in [0.15, 0.2) is 82.6 Å². The third-order valence-corrected chi connectivity index (χ3v) is 8.96. The van der Waals surface area contributed by atoms with Crippen molar-refractivity contribution in [1.29, 1.82) is 0 Å². The van der Waals surface area contributed by atoms with Crippen molar-refractivity contribution in [3.63, 3.8) is 0 Å². The summed E-state index contributed by atoms with van der Waals surface area (Å²) in [6.07, 6.45) is 2.84. The molecular weight excluding hydrogens is 520 g/mol. The largest absolute Gasteiger partial charge is 0.311 e. The third-order valence-electron chi connectivity index (χ3n) is 6.13. The van der Waals surface area contributed by atoms with Crippen molar-refractivity contribution in [3.05, 3.63) is 78.4 Å². The standard InChI is InChI=1S/C26H27ClN2O5S2/c1-35(31,32)25-7-3-2-5-23(25)20-10-12-21(13-11-20)29-18-4-6-24(26(29)30)28-36(33,34)22-14-8-19(9-15-22)16-17-27/h2-3,5,7-15,24,28H,4,6,16-18H2,1H3. The minimum absolute atomic E-state index is 0.0969. The van der Waals surface area contributed by atoms with Crippen molar-refractivity contribution in [2.45, 2.75) is 35.1 Å². The maximum absolute atomic E-state index is 13.2. The van der Waals surface area contributed by atoms with Crippen molar-refractivity contribution >= 4 is 43.1 Å². The highest BCUT2D eigenvalue weighted by atomic mass is 35.5. The first-order valence-corrected chi connectivity index (χ1v) is 15.4. The summed E-state index contributed by atoms with van der Waals surface area (Å²) in [4.78, 5) is 15.1. The molecule has 0 bridgehead atoms. The number of sulfone groups is 1. The van der Waals surface area contributed by atoms with Crippen LogP contribution in [0, 0.1) is 0 Å². The van der Waals surface area contributed by atoms with Crippen LogP contribution in [0.1, 0.15) is 18.4 Å². The fraction of sp³-hybridized carbons (Fsp3) is 0.269. The highest BCUT2D eigenvalue weighted by Gasteiger charge is 2.33. The molecule has 1 aliphatic heterocycles. The predicted molar refractivity (Wildman–Crippen MR) is 142 cm³/mol. The molecule has 0 aromatic heterocycles. The van der Waals surface area contributed by atoms with Crippen LogP contribution in [0.2, 0.25) is 0 Å². The molecule has 1 heterocycles. The van der Waals surface area contributed by atoms with Gasteiger partial charge in [0.25, 0.3) is 0 Å². The van der Waals surface area contributed by atoms with Gasteiger partial charge in [0.2, 0.25) is 15.9 Å². The van der Waals surface area contributed by atoms with Gasteiger partial charge in [-0.2, -0.15) is 4.72 Å². The second-order valence-corrected chi connectivity index (χ2v) is 12.8. The van der Waals surface area contributed by atoms with Gasteiger partial charge in [-0.1, -0.05) is 42.5 Å². The molecule has 1 N–H and O–H groups in total. The number of hydrogen-bond acceptors (Lipinski definition) is 5. The molecule has 36 heavy (non-hydrogen) atoms. The van der Waals surface area contributed by atoms with E-state index in [1.54, 1.807) is 65.6 Å². The Morgan fingerprint density at radius 2 is 1.61 bits per heavy atom. The number of aryl methyl sites for hydroxylation is 1. The summed E-state index contributed by atoms with van der Waals surface area (Å²) in [5.41, 5.74) is 2.85. The van der Waals surface area contributed by atoms with Crippen LogP contribution in [0.25, 0.3) is 11.1 Å². The summed E-state index contributed by atoms with van der Waals surface area (Å²) < 4.78 is 52.7. The van der Waals surface area contributed by atoms with Crippen LogP contribution in [0.5, 0.6) is 0 Å². The van der Waals surface area contributed by atoms with Gasteiger partial charge in [0.1, 0.15) is 6.04 Å². The zero-order chi connectivity index (χ0) is 25.9. The Morgan fingerprint density at radius 3 is 2.25 bits per heavy atom. The lowest BCUT2D eigenvalue weighted by Crippen LogP contribution is -2.52. The number of rotatable bonds is 8. The molecule has 1 unspecified atom stereocenters. The molecule has 190 valence electrons. The number of alkyl halides is 1. The van der Waals surface area contributed by atoms with E-state index in [1.807, 2.05) is 0 Å². The van der Waals surface area contributed by atoms with E-state index in [1.165, 1.54) is 18.4 Å². The first kappa shape index (κ1) is 26.3. The van der Waals surface area contributed by atoms with Gasteiger partial charge < -0.3 is 4.90 Å². The second-order valence-electron chi connectivity index (χ2n) is 8.70. The van der Waals surface area contributed by atoms with E-state index in [2.05, 4.69) is 4.72 Å². The molecule has 0 saturated carbocycles. The fourth-order valence-corrected chi connectivity index (χ4v) is 6.64. The highest BCUT2D eigenvalue weighted by Crippen LogP contribution is 2.30. The molecule has 1 fully saturated rings. The molecule has 0 aliphatic carbocycles. The number of carbonyl (C=O) groups is 1. The number of sulfonamides is 1. The Hall–Kier alpha value is -2.72. The molecule has 3 aromatic carbocycles. The number of hydrogen-bond donors (Lipinski definition) is 1. The van der Waals surface area contributed by atoms with Gasteiger partial charge in [-0.25, -0.2) is 16.8 Å².